The van der Waals surface area contributed by atoms with Crippen molar-refractivity contribution < 1.29 is 14.3 Å². The van der Waals surface area contributed by atoms with E-state index in [1.807, 2.05) is 64.1 Å². The smallest absolute Gasteiger partial charge is 0.316 e. The highest BCUT2D eigenvalue weighted by Gasteiger charge is 2.25. The monoisotopic (exact) mass is 338 g/mol. The molecule has 5 heteroatoms. The quantitative estimate of drug-likeness (QED) is 0.558. The predicted molar refractivity (Wildman–Crippen MR) is 97.8 cm³/mol. The Morgan fingerprint density at radius 1 is 1.12 bits per heavy atom. The van der Waals surface area contributed by atoms with E-state index < -0.39 is 5.41 Å². The molecule has 0 spiro atoms. The highest BCUT2D eigenvalue weighted by atomic mass is 16.6. The molecule has 0 aliphatic carbocycles. The van der Waals surface area contributed by atoms with Crippen LogP contribution in [0.15, 0.2) is 42.5 Å². The van der Waals surface area contributed by atoms with Crippen molar-refractivity contribution in [2.75, 3.05) is 6.61 Å². The number of hydrogen-bond acceptors (Lipinski definition) is 4. The molecule has 0 aliphatic heterocycles. The van der Waals surface area contributed by atoms with Crippen molar-refractivity contribution >= 4 is 17.0 Å². The number of carbonyl (C=O) groups excluding carboxylic acids is 1. The lowest BCUT2D eigenvalue weighted by Gasteiger charge is -2.18. The first-order chi connectivity index (χ1) is 11.9. The average molecular weight is 338 g/mol. The van der Waals surface area contributed by atoms with Crippen molar-refractivity contribution in [2.24, 2.45) is 5.41 Å². The van der Waals surface area contributed by atoms with E-state index in [9.17, 15) is 4.79 Å². The zero-order valence-electron chi connectivity index (χ0n) is 14.9. The van der Waals surface area contributed by atoms with Crippen LogP contribution < -0.4 is 9.47 Å². The lowest BCUT2D eigenvalue weighted by molar-refractivity contribution is -0.143. The Labute approximate surface area is 147 Å². The van der Waals surface area contributed by atoms with Crippen LogP contribution in [0.4, 0.5) is 0 Å². The second-order valence-electron chi connectivity index (χ2n) is 6.84. The van der Waals surface area contributed by atoms with E-state index in [1.165, 1.54) is 0 Å². The Morgan fingerprint density at radius 3 is 2.56 bits per heavy atom. The van der Waals surface area contributed by atoms with E-state index in [0.717, 1.165) is 22.4 Å². The van der Waals surface area contributed by atoms with Crippen LogP contribution in [0, 0.1) is 5.41 Å². The van der Waals surface area contributed by atoms with E-state index in [0.29, 0.717) is 18.1 Å². The van der Waals surface area contributed by atoms with Crippen molar-refractivity contribution in [3.8, 4) is 22.9 Å². The largest absolute Gasteiger partial charge is 0.490 e. The third-order valence-electron chi connectivity index (χ3n) is 3.72. The molecule has 0 amide bonds. The van der Waals surface area contributed by atoms with E-state index in [1.54, 1.807) is 6.07 Å². The first kappa shape index (κ1) is 17.0. The molecule has 3 aromatic rings. The van der Waals surface area contributed by atoms with Crippen LogP contribution >= 0.6 is 0 Å². The minimum atomic E-state index is -0.582. The Balaban J connectivity index is 1.97. The molecular weight excluding hydrogens is 316 g/mol. The summed E-state index contributed by atoms with van der Waals surface area (Å²) in [4.78, 5) is 20.1. The molecule has 0 saturated heterocycles. The molecule has 3 rings (SSSR count). The Bertz CT molecular complexity index is 874. The van der Waals surface area contributed by atoms with Gasteiger partial charge in [-0.1, -0.05) is 12.1 Å². The molecule has 25 heavy (non-hydrogen) atoms. The number of hydrogen-bond donors (Lipinski definition) is 1. The Hall–Kier alpha value is -2.82. The number of H-pyrrole nitrogens is 1. The van der Waals surface area contributed by atoms with E-state index in [-0.39, 0.29) is 5.97 Å². The molecule has 130 valence electrons. The standard InChI is InChI=1S/C20H22N2O3/c1-5-24-17-12-13(10-11-16(17)25-19(23)20(2,3)4)18-21-14-8-6-7-9-15(14)22-18/h6-12H,5H2,1-4H3,(H,21,22). The number of para-hydroxylation sites is 2. The van der Waals surface area contributed by atoms with Crippen molar-refractivity contribution in [3.63, 3.8) is 0 Å². The molecule has 1 heterocycles. The topological polar surface area (TPSA) is 64.2 Å². The van der Waals surface area contributed by atoms with Crippen LogP contribution in [-0.2, 0) is 4.79 Å². The third kappa shape index (κ3) is 3.65. The lowest BCUT2D eigenvalue weighted by Crippen LogP contribution is -2.25. The maximum atomic E-state index is 12.2. The fourth-order valence-corrected chi connectivity index (χ4v) is 2.35. The number of carbonyl (C=O) groups is 1. The Kier molecular flexibility index (Phi) is 4.49. The normalized spacial score (nSPS) is 11.5. The van der Waals surface area contributed by atoms with Crippen molar-refractivity contribution in [3.05, 3.63) is 42.5 Å². The molecule has 0 saturated carbocycles. The number of imidazole rings is 1. The maximum Gasteiger partial charge on any atom is 0.316 e. The van der Waals surface area contributed by atoms with Gasteiger partial charge in [-0.2, -0.15) is 0 Å². The van der Waals surface area contributed by atoms with Gasteiger partial charge in [0.05, 0.1) is 23.1 Å². The summed E-state index contributed by atoms with van der Waals surface area (Å²) in [6.07, 6.45) is 0. The van der Waals surface area contributed by atoms with Gasteiger partial charge in [0.25, 0.3) is 0 Å². The fraction of sp³-hybridized carbons (Fsp3) is 0.300. The summed E-state index contributed by atoms with van der Waals surface area (Å²) in [6, 6.07) is 13.3. The number of rotatable bonds is 4. The number of esters is 1. The maximum absolute atomic E-state index is 12.2. The van der Waals surface area contributed by atoms with Crippen LogP contribution in [-0.4, -0.2) is 22.5 Å². The average Bonchev–Trinajstić information content (AvgIpc) is 2.99. The summed E-state index contributed by atoms with van der Waals surface area (Å²) < 4.78 is 11.2. The summed E-state index contributed by atoms with van der Waals surface area (Å²) >= 11 is 0. The molecular formula is C20H22N2O3. The predicted octanol–water partition coefficient (Wildman–Crippen LogP) is 4.58. The number of aromatic nitrogens is 2. The minimum absolute atomic E-state index is 0.301. The number of aromatic amines is 1. The molecule has 2 aromatic carbocycles. The van der Waals surface area contributed by atoms with Crippen molar-refractivity contribution in [1.82, 2.24) is 9.97 Å². The van der Waals surface area contributed by atoms with Gasteiger partial charge in [0.1, 0.15) is 5.82 Å². The van der Waals surface area contributed by atoms with E-state index >= 15 is 0 Å². The highest BCUT2D eigenvalue weighted by Crippen LogP contribution is 2.34. The number of nitrogens with zero attached hydrogens (tertiary/aromatic N) is 1. The lowest BCUT2D eigenvalue weighted by atomic mass is 9.97. The van der Waals surface area contributed by atoms with E-state index in [2.05, 4.69) is 9.97 Å². The van der Waals surface area contributed by atoms with Crippen LogP contribution in [0.1, 0.15) is 27.7 Å². The summed E-state index contributed by atoms with van der Waals surface area (Å²) in [5.41, 5.74) is 2.16. The summed E-state index contributed by atoms with van der Waals surface area (Å²) in [6.45, 7) is 7.82. The van der Waals surface area contributed by atoms with Crippen LogP contribution in [0.5, 0.6) is 11.5 Å². The molecule has 0 aliphatic rings. The molecule has 0 fully saturated rings. The minimum Gasteiger partial charge on any atom is -0.490 e. The summed E-state index contributed by atoms with van der Waals surface area (Å²) in [7, 11) is 0. The number of ether oxygens (including phenoxy) is 2. The van der Waals surface area contributed by atoms with Gasteiger partial charge in [-0.3, -0.25) is 4.79 Å². The fourth-order valence-electron chi connectivity index (χ4n) is 2.35. The van der Waals surface area contributed by atoms with Gasteiger partial charge in [0, 0.05) is 5.56 Å². The Morgan fingerprint density at radius 2 is 1.88 bits per heavy atom. The highest BCUT2D eigenvalue weighted by molar-refractivity contribution is 5.81. The zero-order valence-corrected chi connectivity index (χ0v) is 14.9. The zero-order chi connectivity index (χ0) is 18.0. The van der Waals surface area contributed by atoms with Crippen LogP contribution in [0.2, 0.25) is 0 Å². The van der Waals surface area contributed by atoms with Crippen molar-refractivity contribution in [1.29, 1.82) is 0 Å². The summed E-state index contributed by atoms with van der Waals surface area (Å²) in [5, 5.41) is 0. The van der Waals surface area contributed by atoms with Gasteiger partial charge >= 0.3 is 5.97 Å². The van der Waals surface area contributed by atoms with E-state index in [4.69, 9.17) is 9.47 Å². The van der Waals surface area contributed by atoms with Gasteiger partial charge < -0.3 is 14.5 Å². The van der Waals surface area contributed by atoms with Gasteiger partial charge in [-0.15, -0.1) is 0 Å². The molecule has 0 atom stereocenters. The molecule has 1 N–H and O–H groups in total. The molecule has 0 bridgehead atoms. The molecule has 1 aromatic heterocycles. The van der Waals surface area contributed by atoms with Gasteiger partial charge in [0.2, 0.25) is 0 Å². The van der Waals surface area contributed by atoms with Gasteiger partial charge in [0.15, 0.2) is 11.5 Å². The SMILES string of the molecule is CCOc1cc(-c2nc3ccccc3[nH]2)ccc1OC(=O)C(C)(C)C. The van der Waals surface area contributed by atoms with Gasteiger partial charge in [-0.25, -0.2) is 4.98 Å². The third-order valence-corrected chi connectivity index (χ3v) is 3.72. The van der Waals surface area contributed by atoms with Crippen LogP contribution in [0.25, 0.3) is 22.4 Å². The number of benzene rings is 2. The molecule has 0 unspecified atom stereocenters. The van der Waals surface area contributed by atoms with Crippen LogP contribution in [0.3, 0.4) is 0 Å². The summed E-state index contributed by atoms with van der Waals surface area (Å²) in [5.74, 6) is 1.39. The second kappa shape index (κ2) is 6.59. The molecule has 0 radical (unpaired) electrons. The number of fused-ring (bicyclic) bond motifs is 1. The molecule has 5 nitrogen and oxygen atoms in total. The van der Waals surface area contributed by atoms with Crippen molar-refractivity contribution in [2.45, 2.75) is 27.7 Å². The van der Waals surface area contributed by atoms with Gasteiger partial charge in [-0.05, 0) is 58.0 Å². The second-order valence-corrected chi connectivity index (χ2v) is 6.84. The first-order valence-electron chi connectivity index (χ1n) is 8.32. The first-order valence-corrected chi connectivity index (χ1v) is 8.32. The number of nitrogens with one attached hydrogen (secondary N) is 1.